The number of hydrogen-bond acceptors (Lipinski definition) is 3. The van der Waals surface area contributed by atoms with E-state index in [1.807, 2.05) is 4.68 Å². The molecule has 0 saturated carbocycles. The Morgan fingerprint density at radius 1 is 1.42 bits per heavy atom. The summed E-state index contributed by atoms with van der Waals surface area (Å²) in [6.07, 6.45) is 4.06. The first-order valence-electron chi connectivity index (χ1n) is 7.23. The molecule has 0 aliphatic carbocycles. The predicted octanol–water partition coefficient (Wildman–Crippen LogP) is 2.80. The van der Waals surface area contributed by atoms with Crippen LogP contribution in [0.15, 0.2) is 12.3 Å². The normalized spacial score (nSPS) is 14.1. The van der Waals surface area contributed by atoms with Crippen LogP contribution in [0, 0.1) is 0 Å². The fraction of sp³-hybridized carbons (Fsp3) is 0.800. The molecule has 0 fully saturated rings. The summed E-state index contributed by atoms with van der Waals surface area (Å²) in [4.78, 5) is 0. The second-order valence-corrected chi connectivity index (χ2v) is 5.90. The highest BCUT2D eigenvalue weighted by molar-refractivity contribution is 5.05. The molecule has 0 bridgehead atoms. The smallest absolute Gasteiger partial charge is 0.0778 e. The van der Waals surface area contributed by atoms with E-state index in [4.69, 9.17) is 4.74 Å². The van der Waals surface area contributed by atoms with Gasteiger partial charge in [0.1, 0.15) is 0 Å². The minimum absolute atomic E-state index is 0.198. The molecule has 1 atom stereocenters. The summed E-state index contributed by atoms with van der Waals surface area (Å²) in [5.74, 6) is 0. The van der Waals surface area contributed by atoms with Gasteiger partial charge in [-0.15, -0.1) is 0 Å². The SMILES string of the molecule is CCCNC(Cc1ccn(C(C)C)n1)C(C)(C)OC. The van der Waals surface area contributed by atoms with Gasteiger partial charge in [0.05, 0.1) is 11.3 Å². The quantitative estimate of drug-likeness (QED) is 0.787. The summed E-state index contributed by atoms with van der Waals surface area (Å²) in [6.45, 7) is 11.7. The summed E-state index contributed by atoms with van der Waals surface area (Å²) in [7, 11) is 1.77. The molecular weight excluding hydrogens is 238 g/mol. The van der Waals surface area contributed by atoms with Crippen molar-refractivity contribution in [2.75, 3.05) is 13.7 Å². The maximum atomic E-state index is 5.63. The van der Waals surface area contributed by atoms with Crippen LogP contribution >= 0.6 is 0 Å². The molecule has 0 aliphatic rings. The highest BCUT2D eigenvalue weighted by Gasteiger charge is 2.29. The third-order valence-corrected chi connectivity index (χ3v) is 3.61. The molecule has 4 heteroatoms. The second-order valence-electron chi connectivity index (χ2n) is 5.90. The minimum atomic E-state index is -0.198. The first-order chi connectivity index (χ1) is 8.90. The van der Waals surface area contributed by atoms with E-state index >= 15 is 0 Å². The molecule has 1 aromatic rings. The molecule has 0 radical (unpaired) electrons. The number of hydrogen-bond donors (Lipinski definition) is 1. The van der Waals surface area contributed by atoms with Crippen LogP contribution in [0.2, 0.25) is 0 Å². The van der Waals surface area contributed by atoms with Crippen molar-refractivity contribution < 1.29 is 4.74 Å². The number of nitrogens with one attached hydrogen (secondary N) is 1. The summed E-state index contributed by atoms with van der Waals surface area (Å²) >= 11 is 0. The van der Waals surface area contributed by atoms with E-state index in [1.165, 1.54) is 0 Å². The lowest BCUT2D eigenvalue weighted by molar-refractivity contribution is -0.0103. The Kier molecular flexibility index (Phi) is 6.01. The molecule has 1 rings (SSSR count). The molecule has 0 spiro atoms. The Morgan fingerprint density at radius 3 is 2.58 bits per heavy atom. The maximum Gasteiger partial charge on any atom is 0.0778 e. The zero-order chi connectivity index (χ0) is 14.5. The lowest BCUT2D eigenvalue weighted by atomic mass is 9.94. The molecular formula is C15H29N3O. The monoisotopic (exact) mass is 267 g/mol. The van der Waals surface area contributed by atoms with Gasteiger partial charge in [-0.05, 0) is 46.7 Å². The van der Waals surface area contributed by atoms with Crippen molar-refractivity contribution in [1.82, 2.24) is 15.1 Å². The summed E-state index contributed by atoms with van der Waals surface area (Å²) in [6, 6.07) is 2.78. The molecule has 1 heterocycles. The molecule has 1 N–H and O–H groups in total. The Hall–Kier alpha value is -0.870. The van der Waals surface area contributed by atoms with Gasteiger partial charge in [-0.1, -0.05) is 6.92 Å². The molecule has 0 amide bonds. The Balaban J connectivity index is 2.75. The fourth-order valence-electron chi connectivity index (χ4n) is 2.01. The number of ether oxygens (including phenoxy) is 1. The van der Waals surface area contributed by atoms with Crippen molar-refractivity contribution >= 4 is 0 Å². The number of nitrogens with zero attached hydrogens (tertiary/aromatic N) is 2. The van der Waals surface area contributed by atoms with Crippen LogP contribution in [0.4, 0.5) is 0 Å². The van der Waals surface area contributed by atoms with E-state index in [2.05, 4.69) is 57.3 Å². The van der Waals surface area contributed by atoms with Gasteiger partial charge >= 0.3 is 0 Å². The predicted molar refractivity (Wildman–Crippen MR) is 79.5 cm³/mol. The van der Waals surface area contributed by atoms with Gasteiger partial charge in [0.25, 0.3) is 0 Å². The molecule has 0 saturated heterocycles. The Morgan fingerprint density at radius 2 is 2.11 bits per heavy atom. The standard InChI is InChI=1S/C15H29N3O/c1-7-9-16-14(15(4,5)19-6)11-13-8-10-18(17-13)12(2)3/h8,10,12,14,16H,7,9,11H2,1-6H3. The second kappa shape index (κ2) is 7.06. The lowest BCUT2D eigenvalue weighted by Crippen LogP contribution is -2.49. The highest BCUT2D eigenvalue weighted by atomic mass is 16.5. The minimum Gasteiger partial charge on any atom is -0.377 e. The van der Waals surface area contributed by atoms with Crippen LogP contribution < -0.4 is 5.32 Å². The van der Waals surface area contributed by atoms with Crippen molar-refractivity contribution in [1.29, 1.82) is 0 Å². The zero-order valence-electron chi connectivity index (χ0n) is 13.2. The van der Waals surface area contributed by atoms with Crippen molar-refractivity contribution in [3.05, 3.63) is 18.0 Å². The van der Waals surface area contributed by atoms with E-state index in [0.717, 1.165) is 25.1 Å². The molecule has 1 aromatic heterocycles. The fourth-order valence-corrected chi connectivity index (χ4v) is 2.01. The maximum absolute atomic E-state index is 5.63. The van der Waals surface area contributed by atoms with Crippen LogP contribution in [0.3, 0.4) is 0 Å². The van der Waals surface area contributed by atoms with Gasteiger partial charge in [-0.25, -0.2) is 0 Å². The van der Waals surface area contributed by atoms with Crippen molar-refractivity contribution in [3.63, 3.8) is 0 Å². The summed E-state index contributed by atoms with van der Waals surface area (Å²) in [5.41, 5.74) is 0.920. The molecule has 4 nitrogen and oxygen atoms in total. The highest BCUT2D eigenvalue weighted by Crippen LogP contribution is 2.18. The van der Waals surface area contributed by atoms with Gasteiger partial charge in [0.2, 0.25) is 0 Å². The molecule has 19 heavy (non-hydrogen) atoms. The first kappa shape index (κ1) is 16.2. The third-order valence-electron chi connectivity index (χ3n) is 3.61. The first-order valence-corrected chi connectivity index (χ1v) is 7.23. The van der Waals surface area contributed by atoms with E-state index < -0.39 is 0 Å². The molecule has 1 unspecified atom stereocenters. The van der Waals surface area contributed by atoms with E-state index in [1.54, 1.807) is 7.11 Å². The summed E-state index contributed by atoms with van der Waals surface area (Å²) < 4.78 is 7.63. The Labute approximate surface area is 117 Å². The van der Waals surface area contributed by atoms with Crippen LogP contribution in [-0.4, -0.2) is 35.1 Å². The van der Waals surface area contributed by atoms with Crippen molar-refractivity contribution in [3.8, 4) is 0 Å². The molecule has 110 valence electrons. The third kappa shape index (κ3) is 4.62. The van der Waals surface area contributed by atoms with Gasteiger partial charge in [-0.2, -0.15) is 5.10 Å². The summed E-state index contributed by atoms with van der Waals surface area (Å²) in [5, 5.41) is 8.20. The lowest BCUT2D eigenvalue weighted by Gasteiger charge is -2.33. The van der Waals surface area contributed by atoms with Crippen LogP contribution in [0.25, 0.3) is 0 Å². The van der Waals surface area contributed by atoms with E-state index in [9.17, 15) is 0 Å². The largest absolute Gasteiger partial charge is 0.377 e. The van der Waals surface area contributed by atoms with Gasteiger partial charge < -0.3 is 10.1 Å². The number of aromatic nitrogens is 2. The van der Waals surface area contributed by atoms with Gasteiger partial charge in [-0.3, -0.25) is 4.68 Å². The molecule has 0 aliphatic heterocycles. The topological polar surface area (TPSA) is 39.1 Å². The zero-order valence-corrected chi connectivity index (χ0v) is 13.2. The van der Waals surface area contributed by atoms with Crippen LogP contribution in [-0.2, 0) is 11.2 Å². The van der Waals surface area contributed by atoms with Gasteiger partial charge in [0, 0.05) is 31.8 Å². The number of rotatable bonds is 8. The van der Waals surface area contributed by atoms with E-state index in [0.29, 0.717) is 6.04 Å². The van der Waals surface area contributed by atoms with Crippen LogP contribution in [0.1, 0.15) is 52.8 Å². The molecule has 0 aromatic carbocycles. The number of methoxy groups -OCH3 is 1. The van der Waals surface area contributed by atoms with E-state index in [-0.39, 0.29) is 11.6 Å². The average Bonchev–Trinajstić information content (AvgIpc) is 2.83. The Bertz CT molecular complexity index is 371. The van der Waals surface area contributed by atoms with Crippen molar-refractivity contribution in [2.45, 2.75) is 65.1 Å². The van der Waals surface area contributed by atoms with Crippen molar-refractivity contribution in [2.24, 2.45) is 0 Å². The average molecular weight is 267 g/mol. The van der Waals surface area contributed by atoms with Crippen LogP contribution in [0.5, 0.6) is 0 Å². The van der Waals surface area contributed by atoms with Gasteiger partial charge in [0.15, 0.2) is 0 Å².